The van der Waals surface area contributed by atoms with Crippen LogP contribution >= 0.6 is 27.3 Å². The van der Waals surface area contributed by atoms with Crippen molar-refractivity contribution in [2.45, 2.75) is 6.54 Å². The Labute approximate surface area is 78.7 Å². The Balaban J connectivity index is 2.27. The summed E-state index contributed by atoms with van der Waals surface area (Å²) in [6, 6.07) is 2.10. The van der Waals surface area contributed by atoms with E-state index in [1.165, 1.54) is 4.88 Å². The van der Waals surface area contributed by atoms with Crippen LogP contribution in [0.1, 0.15) is 4.88 Å². The third-order valence-corrected chi connectivity index (χ3v) is 2.87. The van der Waals surface area contributed by atoms with Gasteiger partial charge >= 0.3 is 0 Å². The van der Waals surface area contributed by atoms with Crippen LogP contribution in [0.4, 0.5) is 0 Å². The van der Waals surface area contributed by atoms with Crippen LogP contribution in [0.3, 0.4) is 0 Å². The summed E-state index contributed by atoms with van der Waals surface area (Å²) in [5.74, 6) is 0. The molecule has 0 aliphatic carbocycles. The van der Waals surface area contributed by atoms with Gasteiger partial charge in [-0.1, -0.05) is 0 Å². The Morgan fingerprint density at radius 1 is 1.73 bits per heavy atom. The van der Waals surface area contributed by atoms with Gasteiger partial charge < -0.3 is 4.74 Å². The first kappa shape index (κ1) is 9.19. The minimum atomic E-state index is 0.607. The summed E-state index contributed by atoms with van der Waals surface area (Å²) in [5.41, 5.74) is 0. The number of hydrogen-bond acceptors (Lipinski definition) is 3. The van der Waals surface area contributed by atoms with Crippen LogP contribution in [0, 0.1) is 0 Å². The normalized spacial score (nSPS) is 10.4. The molecule has 0 bridgehead atoms. The zero-order valence-corrected chi connectivity index (χ0v) is 8.67. The van der Waals surface area contributed by atoms with Gasteiger partial charge in [0.2, 0.25) is 0 Å². The molecule has 0 fully saturated rings. The van der Waals surface area contributed by atoms with E-state index in [-0.39, 0.29) is 0 Å². The Bertz CT molecular complexity index is 214. The number of hydrogen-bond donors (Lipinski definition) is 1. The van der Waals surface area contributed by atoms with Gasteiger partial charge in [0.25, 0.3) is 0 Å². The van der Waals surface area contributed by atoms with Crippen LogP contribution in [0.25, 0.3) is 0 Å². The van der Waals surface area contributed by atoms with Gasteiger partial charge in [-0.15, -0.1) is 11.3 Å². The van der Waals surface area contributed by atoms with Crippen molar-refractivity contribution in [3.05, 3.63) is 20.8 Å². The molecule has 2 nitrogen and oxygen atoms in total. The van der Waals surface area contributed by atoms with E-state index in [0.29, 0.717) is 6.73 Å². The molecule has 1 rings (SSSR count). The molecule has 0 spiro atoms. The fraction of sp³-hybridized carbons (Fsp3) is 0.429. The van der Waals surface area contributed by atoms with Crippen LogP contribution in [0.2, 0.25) is 0 Å². The summed E-state index contributed by atoms with van der Waals surface area (Å²) in [5, 5.41) is 5.21. The molecule has 1 aromatic rings. The highest BCUT2D eigenvalue weighted by molar-refractivity contribution is 9.10. The molecule has 11 heavy (non-hydrogen) atoms. The van der Waals surface area contributed by atoms with E-state index in [2.05, 4.69) is 32.7 Å². The number of halogens is 1. The lowest BCUT2D eigenvalue weighted by Crippen LogP contribution is -2.14. The molecule has 4 heteroatoms. The second kappa shape index (κ2) is 4.87. The van der Waals surface area contributed by atoms with Crippen molar-refractivity contribution >= 4 is 27.3 Å². The van der Waals surface area contributed by atoms with Crippen molar-refractivity contribution in [1.29, 1.82) is 0 Å². The first-order chi connectivity index (χ1) is 5.33. The highest BCUT2D eigenvalue weighted by atomic mass is 79.9. The zero-order valence-electron chi connectivity index (χ0n) is 6.26. The second-order valence-electron chi connectivity index (χ2n) is 2.09. The monoisotopic (exact) mass is 235 g/mol. The lowest BCUT2D eigenvalue weighted by molar-refractivity contribution is 0.174. The standard InChI is InChI=1S/C7H10BrNOS/c1-10-5-9-3-7-2-6(8)4-11-7/h2,4,9H,3,5H2,1H3. The predicted molar refractivity (Wildman–Crippen MR) is 50.7 cm³/mol. The molecule has 0 saturated heterocycles. The molecule has 0 radical (unpaired) electrons. The number of nitrogens with one attached hydrogen (secondary N) is 1. The maximum Gasteiger partial charge on any atom is 0.0964 e. The molecule has 0 aromatic carbocycles. The minimum Gasteiger partial charge on any atom is -0.370 e. The first-order valence-electron chi connectivity index (χ1n) is 3.25. The lowest BCUT2D eigenvalue weighted by Gasteiger charge is -1.98. The van der Waals surface area contributed by atoms with Crippen molar-refractivity contribution in [2.75, 3.05) is 13.8 Å². The van der Waals surface area contributed by atoms with Gasteiger partial charge in [0.1, 0.15) is 0 Å². The number of ether oxygens (including phenoxy) is 1. The van der Waals surface area contributed by atoms with Crippen molar-refractivity contribution in [3.8, 4) is 0 Å². The molecule has 0 atom stereocenters. The summed E-state index contributed by atoms with van der Waals surface area (Å²) in [6.07, 6.45) is 0. The molecule has 62 valence electrons. The largest absolute Gasteiger partial charge is 0.370 e. The predicted octanol–water partition coefficient (Wildman–Crippen LogP) is 2.20. The highest BCUT2D eigenvalue weighted by Crippen LogP contribution is 2.19. The van der Waals surface area contributed by atoms with Crippen molar-refractivity contribution in [3.63, 3.8) is 0 Å². The molecule has 1 heterocycles. The van der Waals surface area contributed by atoms with Crippen molar-refractivity contribution in [2.24, 2.45) is 0 Å². The van der Waals surface area contributed by atoms with E-state index in [0.717, 1.165) is 11.0 Å². The molecule has 1 aromatic heterocycles. The van der Waals surface area contributed by atoms with Gasteiger partial charge in [-0.3, -0.25) is 5.32 Å². The van der Waals surface area contributed by atoms with Gasteiger partial charge in [0.15, 0.2) is 0 Å². The van der Waals surface area contributed by atoms with E-state index in [9.17, 15) is 0 Å². The Kier molecular flexibility index (Phi) is 4.07. The van der Waals surface area contributed by atoms with Gasteiger partial charge in [-0.25, -0.2) is 0 Å². The molecule has 0 unspecified atom stereocenters. The number of rotatable bonds is 4. The summed E-state index contributed by atoms with van der Waals surface area (Å²) in [6.45, 7) is 1.49. The van der Waals surface area contributed by atoms with Crippen LogP contribution in [-0.4, -0.2) is 13.8 Å². The van der Waals surface area contributed by atoms with Crippen LogP contribution < -0.4 is 5.32 Å². The topological polar surface area (TPSA) is 21.3 Å². The molecular formula is C7H10BrNOS. The third kappa shape index (κ3) is 3.33. The van der Waals surface area contributed by atoms with Gasteiger partial charge in [0, 0.05) is 28.4 Å². The van der Waals surface area contributed by atoms with Gasteiger partial charge in [0.05, 0.1) is 6.73 Å². The number of thiophene rings is 1. The van der Waals surface area contributed by atoms with Gasteiger partial charge in [-0.2, -0.15) is 0 Å². The molecule has 0 saturated carbocycles. The maximum absolute atomic E-state index is 4.85. The van der Waals surface area contributed by atoms with E-state index < -0.39 is 0 Å². The smallest absolute Gasteiger partial charge is 0.0964 e. The first-order valence-corrected chi connectivity index (χ1v) is 4.93. The Hall–Kier alpha value is 0.1000. The quantitative estimate of drug-likeness (QED) is 0.639. The van der Waals surface area contributed by atoms with E-state index in [1.807, 2.05) is 0 Å². The fourth-order valence-corrected chi connectivity index (χ4v) is 2.14. The van der Waals surface area contributed by atoms with Crippen molar-refractivity contribution < 1.29 is 4.74 Å². The van der Waals surface area contributed by atoms with E-state index in [1.54, 1.807) is 18.4 Å². The summed E-state index contributed by atoms with van der Waals surface area (Å²) in [7, 11) is 1.68. The number of methoxy groups -OCH3 is 1. The molecule has 0 aliphatic rings. The lowest BCUT2D eigenvalue weighted by atomic mass is 10.5. The van der Waals surface area contributed by atoms with E-state index in [4.69, 9.17) is 4.74 Å². The molecule has 0 aliphatic heterocycles. The van der Waals surface area contributed by atoms with Crippen LogP contribution in [0.15, 0.2) is 15.9 Å². The maximum atomic E-state index is 4.85. The average molecular weight is 236 g/mol. The summed E-state index contributed by atoms with van der Waals surface area (Å²) >= 11 is 5.13. The minimum absolute atomic E-state index is 0.607. The molecule has 0 amide bonds. The molecule has 1 N–H and O–H groups in total. The van der Waals surface area contributed by atoms with Gasteiger partial charge in [-0.05, 0) is 22.0 Å². The second-order valence-corrected chi connectivity index (χ2v) is 4.00. The SMILES string of the molecule is COCNCc1cc(Br)cs1. The Morgan fingerprint density at radius 2 is 2.55 bits per heavy atom. The third-order valence-electron chi connectivity index (χ3n) is 1.17. The summed E-state index contributed by atoms with van der Waals surface area (Å²) in [4.78, 5) is 1.31. The molecular weight excluding hydrogens is 226 g/mol. The van der Waals surface area contributed by atoms with Crippen molar-refractivity contribution in [1.82, 2.24) is 5.32 Å². The fourth-order valence-electron chi connectivity index (χ4n) is 0.723. The average Bonchev–Trinajstić information content (AvgIpc) is 2.37. The van der Waals surface area contributed by atoms with Crippen LogP contribution in [-0.2, 0) is 11.3 Å². The Morgan fingerprint density at radius 3 is 3.09 bits per heavy atom. The van der Waals surface area contributed by atoms with Crippen LogP contribution in [0.5, 0.6) is 0 Å². The highest BCUT2D eigenvalue weighted by Gasteiger charge is 1.95. The zero-order chi connectivity index (χ0) is 8.10. The summed E-state index contributed by atoms with van der Waals surface area (Å²) < 4.78 is 6.00. The van der Waals surface area contributed by atoms with E-state index >= 15 is 0 Å².